The van der Waals surface area contributed by atoms with Gasteiger partial charge in [0.2, 0.25) is 0 Å². The number of rotatable bonds is 3. The molecule has 0 N–H and O–H groups in total. The van der Waals surface area contributed by atoms with Crippen molar-refractivity contribution in [2.45, 2.75) is 0 Å². The third kappa shape index (κ3) is 3.37. The molecule has 186 valence electrons. The van der Waals surface area contributed by atoms with Crippen LogP contribution in [0.5, 0.6) is 0 Å². The number of aromatic nitrogens is 1. The van der Waals surface area contributed by atoms with E-state index in [4.69, 9.17) is 11.0 Å². The predicted molar refractivity (Wildman–Crippen MR) is 165 cm³/mol. The van der Waals surface area contributed by atoms with Crippen molar-refractivity contribution in [3.8, 4) is 27.9 Å². The first-order valence-electron chi connectivity index (χ1n) is 13.3. The molecule has 2 heterocycles. The van der Waals surface area contributed by atoms with Crippen LogP contribution >= 0.6 is 0 Å². The molecule has 0 unspecified atom stereocenters. The lowest BCUT2D eigenvalue weighted by Crippen LogP contribution is -1.94. The zero-order valence-electron chi connectivity index (χ0n) is 21.5. The molecule has 0 saturated heterocycles. The lowest BCUT2D eigenvalue weighted by atomic mass is 9.97. The lowest BCUT2D eigenvalue weighted by molar-refractivity contribution is 0.670. The summed E-state index contributed by atoms with van der Waals surface area (Å²) in [5.41, 5.74) is 9.81. The van der Waals surface area contributed by atoms with Crippen LogP contribution in [-0.2, 0) is 0 Å². The molecule has 0 fully saturated rings. The molecule has 0 amide bonds. The summed E-state index contributed by atoms with van der Waals surface area (Å²) >= 11 is 0. The first kappa shape index (κ1) is 22.4. The van der Waals surface area contributed by atoms with Crippen LogP contribution in [0.15, 0.2) is 138 Å². The largest absolute Gasteiger partial charge is 0.455 e. The quantitative estimate of drug-likeness (QED) is 0.217. The highest BCUT2D eigenvalue weighted by atomic mass is 16.3. The van der Waals surface area contributed by atoms with Crippen LogP contribution in [0.2, 0.25) is 0 Å². The van der Waals surface area contributed by atoms with Gasteiger partial charge in [-0.15, -0.1) is 0 Å². The molecule has 0 saturated carbocycles. The molecule has 0 aliphatic carbocycles. The SMILES string of the molecule is [C-]#[N+]c1cc(-c2cccc(-c3cccc4c3oc3ccccc34)c2)cc(-n2c3ccccc3c3ccccc32)c1. The Morgan fingerprint density at radius 3 is 1.95 bits per heavy atom. The Hall–Kier alpha value is -5.59. The minimum atomic E-state index is 0.610. The lowest BCUT2D eigenvalue weighted by Gasteiger charge is -2.12. The number of benzene rings is 6. The molecule has 0 aliphatic heterocycles. The summed E-state index contributed by atoms with van der Waals surface area (Å²) in [4.78, 5) is 3.85. The minimum Gasteiger partial charge on any atom is -0.455 e. The second kappa shape index (κ2) is 8.73. The van der Waals surface area contributed by atoms with Crippen LogP contribution in [0, 0.1) is 6.57 Å². The van der Waals surface area contributed by atoms with Crippen molar-refractivity contribution in [2.75, 3.05) is 0 Å². The Morgan fingerprint density at radius 1 is 0.525 bits per heavy atom. The number of nitrogens with zero attached hydrogens (tertiary/aromatic N) is 2. The van der Waals surface area contributed by atoms with E-state index in [9.17, 15) is 0 Å². The predicted octanol–water partition coefficient (Wildman–Crippen LogP) is 10.6. The molecule has 0 radical (unpaired) electrons. The van der Waals surface area contributed by atoms with Crippen LogP contribution in [0.3, 0.4) is 0 Å². The summed E-state index contributed by atoms with van der Waals surface area (Å²) in [6.45, 7) is 7.87. The molecule has 40 heavy (non-hydrogen) atoms. The second-order valence-corrected chi connectivity index (χ2v) is 10.1. The van der Waals surface area contributed by atoms with E-state index < -0.39 is 0 Å². The monoisotopic (exact) mass is 510 g/mol. The van der Waals surface area contributed by atoms with Crippen LogP contribution in [0.4, 0.5) is 5.69 Å². The molecule has 3 heteroatoms. The van der Waals surface area contributed by atoms with Gasteiger partial charge in [0, 0.05) is 32.8 Å². The summed E-state index contributed by atoms with van der Waals surface area (Å²) in [5, 5.41) is 4.64. The topological polar surface area (TPSA) is 22.4 Å². The van der Waals surface area contributed by atoms with Gasteiger partial charge in [0.15, 0.2) is 5.69 Å². The van der Waals surface area contributed by atoms with Gasteiger partial charge in [0.25, 0.3) is 0 Å². The molecule has 0 atom stereocenters. The zero-order valence-corrected chi connectivity index (χ0v) is 21.5. The number of hydrogen-bond acceptors (Lipinski definition) is 1. The number of para-hydroxylation sites is 4. The summed E-state index contributed by atoms with van der Waals surface area (Å²) in [6, 6.07) is 46.1. The average Bonchev–Trinajstić information content (AvgIpc) is 3.57. The Kier molecular flexibility index (Phi) is 4.89. The molecular weight excluding hydrogens is 488 g/mol. The van der Waals surface area contributed by atoms with Crippen molar-refractivity contribution in [2.24, 2.45) is 0 Å². The van der Waals surface area contributed by atoms with E-state index in [0.29, 0.717) is 5.69 Å². The molecule has 8 aromatic rings. The van der Waals surface area contributed by atoms with Crippen molar-refractivity contribution in [1.82, 2.24) is 4.57 Å². The maximum atomic E-state index is 7.87. The van der Waals surface area contributed by atoms with Gasteiger partial charge in [-0.1, -0.05) is 91.0 Å². The average molecular weight is 511 g/mol. The maximum absolute atomic E-state index is 7.87. The summed E-state index contributed by atoms with van der Waals surface area (Å²) in [6.07, 6.45) is 0. The number of furan rings is 1. The van der Waals surface area contributed by atoms with Crippen molar-refractivity contribution >= 4 is 49.4 Å². The second-order valence-electron chi connectivity index (χ2n) is 10.1. The molecule has 3 nitrogen and oxygen atoms in total. The van der Waals surface area contributed by atoms with Gasteiger partial charge in [-0.25, -0.2) is 4.85 Å². The summed E-state index contributed by atoms with van der Waals surface area (Å²) in [7, 11) is 0. The standard InChI is InChI=1S/C37H22N2O/c1-38-27-21-26(22-28(23-27)39-34-17-5-2-12-30(34)31-13-3-6-18-35(31)39)24-10-8-11-25(20-24)29-15-9-16-33-32-14-4-7-19-36(32)40-37(29)33/h2-23H. The molecule has 2 aromatic heterocycles. The normalized spacial score (nSPS) is 11.5. The number of fused-ring (bicyclic) bond motifs is 6. The first-order chi connectivity index (χ1) is 19.8. The van der Waals surface area contributed by atoms with Gasteiger partial charge in [-0.2, -0.15) is 0 Å². The molecular formula is C37H22N2O. The highest BCUT2D eigenvalue weighted by molar-refractivity contribution is 6.10. The van der Waals surface area contributed by atoms with Gasteiger partial charge < -0.3 is 8.98 Å². The molecule has 0 aliphatic rings. The van der Waals surface area contributed by atoms with E-state index >= 15 is 0 Å². The van der Waals surface area contributed by atoms with E-state index in [1.807, 2.05) is 30.3 Å². The fourth-order valence-corrected chi connectivity index (χ4v) is 6.00. The Labute approximate surface area is 231 Å². The van der Waals surface area contributed by atoms with Crippen LogP contribution in [0.1, 0.15) is 0 Å². The fraction of sp³-hybridized carbons (Fsp3) is 0. The summed E-state index contributed by atoms with van der Waals surface area (Å²) in [5.74, 6) is 0. The molecule has 6 aromatic carbocycles. The van der Waals surface area contributed by atoms with Crippen LogP contribution in [0.25, 0.3) is 76.5 Å². The Balaban J connectivity index is 1.32. The maximum Gasteiger partial charge on any atom is 0.189 e. The first-order valence-corrected chi connectivity index (χ1v) is 13.3. The van der Waals surface area contributed by atoms with Crippen molar-refractivity contribution in [3.63, 3.8) is 0 Å². The summed E-state index contributed by atoms with van der Waals surface area (Å²) < 4.78 is 8.59. The van der Waals surface area contributed by atoms with Gasteiger partial charge in [-0.3, -0.25) is 0 Å². The highest BCUT2D eigenvalue weighted by Gasteiger charge is 2.15. The highest BCUT2D eigenvalue weighted by Crippen LogP contribution is 2.39. The smallest absolute Gasteiger partial charge is 0.189 e. The fourth-order valence-electron chi connectivity index (χ4n) is 6.00. The Bertz CT molecular complexity index is 2240. The third-order valence-corrected chi connectivity index (χ3v) is 7.78. The van der Waals surface area contributed by atoms with E-state index in [2.05, 4.69) is 113 Å². The van der Waals surface area contributed by atoms with Crippen molar-refractivity contribution < 1.29 is 4.42 Å². The zero-order chi connectivity index (χ0) is 26.6. The van der Waals surface area contributed by atoms with E-state index in [1.54, 1.807) is 0 Å². The molecule has 8 rings (SSSR count). The van der Waals surface area contributed by atoms with Crippen molar-refractivity contribution in [3.05, 3.63) is 145 Å². The minimum absolute atomic E-state index is 0.610. The third-order valence-electron chi connectivity index (χ3n) is 7.78. The van der Waals surface area contributed by atoms with E-state index in [-0.39, 0.29) is 0 Å². The Morgan fingerprint density at radius 2 is 1.18 bits per heavy atom. The van der Waals surface area contributed by atoms with Gasteiger partial charge in [0.1, 0.15) is 11.2 Å². The van der Waals surface area contributed by atoms with Gasteiger partial charge in [0.05, 0.1) is 17.6 Å². The van der Waals surface area contributed by atoms with E-state index in [1.165, 1.54) is 10.8 Å². The molecule has 0 bridgehead atoms. The number of hydrogen-bond donors (Lipinski definition) is 0. The van der Waals surface area contributed by atoms with Gasteiger partial charge in [-0.05, 0) is 59.2 Å². The van der Waals surface area contributed by atoms with E-state index in [0.717, 1.165) is 60.9 Å². The van der Waals surface area contributed by atoms with Gasteiger partial charge >= 0.3 is 0 Å². The van der Waals surface area contributed by atoms with Crippen LogP contribution < -0.4 is 0 Å². The van der Waals surface area contributed by atoms with Crippen molar-refractivity contribution in [1.29, 1.82) is 0 Å². The van der Waals surface area contributed by atoms with Crippen LogP contribution in [-0.4, -0.2) is 4.57 Å². The molecule has 0 spiro atoms.